The number of piperidine rings is 1. The Hall–Kier alpha value is -2.19. The molecule has 1 fully saturated rings. The monoisotopic (exact) mass is 361 g/mol. The zero-order valence-corrected chi connectivity index (χ0v) is 14.8. The molecule has 4 N–H and O–H groups in total. The van der Waals surface area contributed by atoms with E-state index < -0.39 is 0 Å². The number of nitrogens with zero attached hydrogens (tertiary/aromatic N) is 2. The van der Waals surface area contributed by atoms with Gasteiger partial charge in [-0.05, 0) is 36.8 Å². The molecule has 1 aliphatic rings. The highest BCUT2D eigenvalue weighted by Crippen LogP contribution is 2.24. The standard InChI is InChI=1S/C17H23N5O2S/c18-7-6-16(23)19-11-12-4-1-2-8-22(12)17(24)14-10-13(20-21-14)15-5-3-9-25-15/h3,5,9-10,12H,1-2,4,6-8,11,18H2,(H,19,23)(H,20,21). The van der Waals surface area contributed by atoms with Crippen LogP contribution in [-0.4, -0.2) is 52.6 Å². The van der Waals surface area contributed by atoms with Crippen molar-refractivity contribution >= 4 is 23.2 Å². The van der Waals surface area contributed by atoms with Crippen molar-refractivity contribution in [1.82, 2.24) is 20.4 Å². The van der Waals surface area contributed by atoms with E-state index in [-0.39, 0.29) is 17.9 Å². The number of likely N-dealkylation sites (tertiary alicyclic amines) is 1. The Bertz CT molecular complexity index is 712. The maximum absolute atomic E-state index is 12.9. The smallest absolute Gasteiger partial charge is 0.274 e. The molecule has 1 unspecified atom stereocenters. The summed E-state index contributed by atoms with van der Waals surface area (Å²) in [6.45, 7) is 1.49. The van der Waals surface area contributed by atoms with Crippen molar-refractivity contribution in [2.75, 3.05) is 19.6 Å². The minimum absolute atomic E-state index is 0.00450. The summed E-state index contributed by atoms with van der Waals surface area (Å²) in [5.74, 6) is -0.156. The van der Waals surface area contributed by atoms with E-state index >= 15 is 0 Å². The van der Waals surface area contributed by atoms with Crippen LogP contribution in [0.4, 0.5) is 0 Å². The minimum atomic E-state index is -0.0863. The lowest BCUT2D eigenvalue weighted by atomic mass is 10.0. The maximum atomic E-state index is 12.9. The Balaban J connectivity index is 1.67. The van der Waals surface area contributed by atoms with Gasteiger partial charge in [-0.15, -0.1) is 11.3 Å². The Morgan fingerprint density at radius 3 is 3.08 bits per heavy atom. The van der Waals surface area contributed by atoms with Crippen molar-refractivity contribution in [3.63, 3.8) is 0 Å². The van der Waals surface area contributed by atoms with Gasteiger partial charge in [0.05, 0.1) is 10.6 Å². The molecule has 0 radical (unpaired) electrons. The van der Waals surface area contributed by atoms with E-state index in [1.54, 1.807) is 17.4 Å². The predicted octanol–water partition coefficient (Wildman–Crippen LogP) is 1.60. The van der Waals surface area contributed by atoms with Crippen LogP contribution in [0.2, 0.25) is 0 Å². The van der Waals surface area contributed by atoms with Gasteiger partial charge in [0.2, 0.25) is 5.91 Å². The normalized spacial score (nSPS) is 17.5. The van der Waals surface area contributed by atoms with Crippen LogP contribution >= 0.6 is 11.3 Å². The van der Waals surface area contributed by atoms with E-state index in [2.05, 4.69) is 15.5 Å². The minimum Gasteiger partial charge on any atom is -0.354 e. The number of aromatic nitrogens is 2. The lowest BCUT2D eigenvalue weighted by Gasteiger charge is -2.35. The zero-order valence-electron chi connectivity index (χ0n) is 14.0. The van der Waals surface area contributed by atoms with Gasteiger partial charge in [-0.1, -0.05) is 6.07 Å². The molecule has 3 heterocycles. The summed E-state index contributed by atoms with van der Waals surface area (Å²) in [5, 5.41) is 12.0. The van der Waals surface area contributed by atoms with Gasteiger partial charge >= 0.3 is 0 Å². The van der Waals surface area contributed by atoms with Crippen molar-refractivity contribution in [1.29, 1.82) is 0 Å². The molecule has 0 aliphatic carbocycles. The molecular weight excluding hydrogens is 338 g/mol. The van der Waals surface area contributed by atoms with Crippen LogP contribution in [0.3, 0.4) is 0 Å². The molecule has 3 rings (SSSR count). The van der Waals surface area contributed by atoms with Crippen molar-refractivity contribution in [2.24, 2.45) is 5.73 Å². The zero-order chi connectivity index (χ0) is 17.6. The lowest BCUT2D eigenvalue weighted by Crippen LogP contribution is -2.49. The molecule has 25 heavy (non-hydrogen) atoms. The van der Waals surface area contributed by atoms with Gasteiger partial charge in [0, 0.05) is 32.1 Å². The third-order valence-corrected chi connectivity index (χ3v) is 5.28. The number of rotatable bonds is 6. The number of nitrogens with one attached hydrogen (secondary N) is 2. The van der Waals surface area contributed by atoms with Gasteiger partial charge in [0.25, 0.3) is 5.91 Å². The SMILES string of the molecule is NCCC(=O)NCC1CCCCN1C(=O)c1cc(-c2cccs2)[nH]n1. The number of hydrogen-bond acceptors (Lipinski definition) is 5. The Morgan fingerprint density at radius 1 is 1.44 bits per heavy atom. The molecule has 1 atom stereocenters. The van der Waals surface area contributed by atoms with Crippen molar-refractivity contribution in [3.05, 3.63) is 29.3 Å². The topological polar surface area (TPSA) is 104 Å². The fourth-order valence-electron chi connectivity index (χ4n) is 3.07. The molecule has 7 nitrogen and oxygen atoms in total. The molecule has 0 aromatic carbocycles. The number of carbonyl (C=O) groups excluding carboxylic acids is 2. The number of aromatic amines is 1. The molecule has 0 spiro atoms. The van der Waals surface area contributed by atoms with Gasteiger partial charge in [0.1, 0.15) is 0 Å². The van der Waals surface area contributed by atoms with E-state index in [9.17, 15) is 9.59 Å². The van der Waals surface area contributed by atoms with Gasteiger partial charge in [-0.3, -0.25) is 14.7 Å². The summed E-state index contributed by atoms with van der Waals surface area (Å²) < 4.78 is 0. The highest BCUT2D eigenvalue weighted by atomic mass is 32.1. The van der Waals surface area contributed by atoms with Gasteiger partial charge in [0.15, 0.2) is 5.69 Å². The molecule has 2 aromatic heterocycles. The number of amides is 2. The highest BCUT2D eigenvalue weighted by molar-refractivity contribution is 7.13. The molecule has 8 heteroatoms. The second-order valence-corrected chi connectivity index (χ2v) is 7.08. The fraction of sp³-hybridized carbons (Fsp3) is 0.471. The third kappa shape index (κ3) is 4.26. The largest absolute Gasteiger partial charge is 0.354 e. The fourth-order valence-corrected chi connectivity index (χ4v) is 3.76. The van der Waals surface area contributed by atoms with Crippen LogP contribution in [0.15, 0.2) is 23.6 Å². The average molecular weight is 361 g/mol. The summed E-state index contributed by atoms with van der Waals surface area (Å²) in [7, 11) is 0. The molecule has 2 aromatic rings. The van der Waals surface area contributed by atoms with Crippen LogP contribution in [-0.2, 0) is 4.79 Å². The average Bonchev–Trinajstić information content (AvgIpc) is 3.31. The van der Waals surface area contributed by atoms with Crippen molar-refractivity contribution in [3.8, 4) is 10.6 Å². The summed E-state index contributed by atoms with van der Waals surface area (Å²) in [4.78, 5) is 27.4. The first-order chi connectivity index (χ1) is 12.2. The summed E-state index contributed by atoms with van der Waals surface area (Å²) >= 11 is 1.60. The summed E-state index contributed by atoms with van der Waals surface area (Å²) in [6, 6.07) is 5.76. The molecule has 1 aliphatic heterocycles. The number of H-pyrrole nitrogens is 1. The molecule has 0 saturated carbocycles. The first kappa shape index (κ1) is 17.6. The molecule has 1 saturated heterocycles. The maximum Gasteiger partial charge on any atom is 0.274 e. The predicted molar refractivity (Wildman–Crippen MR) is 97.3 cm³/mol. The van der Waals surface area contributed by atoms with Crippen LogP contribution < -0.4 is 11.1 Å². The Labute approximate surface area is 150 Å². The first-order valence-electron chi connectivity index (χ1n) is 8.56. The molecular formula is C17H23N5O2S. The van der Waals surface area contributed by atoms with Gasteiger partial charge in [-0.25, -0.2) is 0 Å². The van der Waals surface area contributed by atoms with Crippen LogP contribution in [0.25, 0.3) is 10.6 Å². The molecule has 2 amide bonds. The van der Waals surface area contributed by atoms with Crippen LogP contribution in [0, 0.1) is 0 Å². The third-order valence-electron chi connectivity index (χ3n) is 4.38. The second kappa shape index (κ2) is 8.26. The quantitative estimate of drug-likeness (QED) is 0.727. The number of carbonyl (C=O) groups is 2. The van der Waals surface area contributed by atoms with Crippen LogP contribution in [0.1, 0.15) is 36.2 Å². The van der Waals surface area contributed by atoms with E-state index in [0.29, 0.717) is 31.7 Å². The first-order valence-corrected chi connectivity index (χ1v) is 9.44. The highest BCUT2D eigenvalue weighted by Gasteiger charge is 2.29. The number of nitrogens with two attached hydrogens (primary N) is 1. The second-order valence-electron chi connectivity index (χ2n) is 6.14. The van der Waals surface area contributed by atoms with Gasteiger partial charge < -0.3 is 16.0 Å². The summed E-state index contributed by atoms with van der Waals surface area (Å²) in [6.07, 6.45) is 3.23. The number of hydrogen-bond donors (Lipinski definition) is 3. The van der Waals surface area contributed by atoms with E-state index in [1.807, 2.05) is 22.4 Å². The van der Waals surface area contributed by atoms with E-state index in [4.69, 9.17) is 5.73 Å². The lowest BCUT2D eigenvalue weighted by molar-refractivity contribution is -0.121. The Morgan fingerprint density at radius 2 is 2.32 bits per heavy atom. The van der Waals surface area contributed by atoms with Gasteiger partial charge in [-0.2, -0.15) is 5.10 Å². The van der Waals surface area contributed by atoms with Crippen LogP contribution in [0.5, 0.6) is 0 Å². The van der Waals surface area contributed by atoms with Crippen molar-refractivity contribution in [2.45, 2.75) is 31.7 Å². The van der Waals surface area contributed by atoms with E-state index in [0.717, 1.165) is 29.8 Å². The number of thiophene rings is 1. The summed E-state index contributed by atoms with van der Waals surface area (Å²) in [5.41, 5.74) is 6.67. The van der Waals surface area contributed by atoms with E-state index in [1.165, 1.54) is 0 Å². The molecule has 134 valence electrons. The Kier molecular flexibility index (Phi) is 5.83. The molecule has 0 bridgehead atoms. The van der Waals surface area contributed by atoms with Crippen molar-refractivity contribution < 1.29 is 9.59 Å².